The van der Waals surface area contributed by atoms with Gasteiger partial charge in [0.2, 0.25) is 5.91 Å². The Morgan fingerprint density at radius 2 is 2.04 bits per heavy atom. The largest absolute Gasteiger partial charge is 0.495 e. The van der Waals surface area contributed by atoms with Gasteiger partial charge in [0.25, 0.3) is 0 Å². The number of halogens is 1. The number of amides is 1. The van der Waals surface area contributed by atoms with Crippen LogP contribution in [0.2, 0.25) is 0 Å². The quantitative estimate of drug-likeness (QED) is 0.219. The molecule has 25 heavy (non-hydrogen) atoms. The van der Waals surface area contributed by atoms with Crippen LogP contribution < -0.4 is 20.7 Å². The molecule has 6 nitrogen and oxygen atoms in total. The third kappa shape index (κ3) is 9.78. The molecule has 0 fully saturated rings. The second-order valence-corrected chi connectivity index (χ2v) is 6.25. The second kappa shape index (κ2) is 14.1. The van der Waals surface area contributed by atoms with E-state index in [1.165, 1.54) is 19.1 Å². The zero-order valence-electron chi connectivity index (χ0n) is 15.3. The maximum atomic E-state index is 11.3. The Labute approximate surface area is 172 Å². The molecule has 8 heteroatoms. The Bertz CT molecular complexity index is 555. The molecule has 142 valence electrons. The molecule has 0 radical (unpaired) electrons. The number of anilines is 1. The van der Waals surface area contributed by atoms with Gasteiger partial charge in [-0.1, -0.05) is 6.07 Å². The Morgan fingerprint density at radius 1 is 1.28 bits per heavy atom. The van der Waals surface area contributed by atoms with Gasteiger partial charge in [-0.15, -0.1) is 24.0 Å². The molecule has 0 spiro atoms. The van der Waals surface area contributed by atoms with Crippen molar-refractivity contribution < 1.29 is 9.53 Å². The van der Waals surface area contributed by atoms with Crippen molar-refractivity contribution in [2.24, 2.45) is 4.99 Å². The van der Waals surface area contributed by atoms with E-state index < -0.39 is 0 Å². The zero-order chi connectivity index (χ0) is 17.8. The molecule has 1 aromatic rings. The molecule has 0 aliphatic heterocycles. The van der Waals surface area contributed by atoms with Gasteiger partial charge in [-0.2, -0.15) is 11.8 Å². The van der Waals surface area contributed by atoms with E-state index in [-0.39, 0.29) is 29.9 Å². The molecule has 0 aliphatic carbocycles. The van der Waals surface area contributed by atoms with E-state index in [1.54, 1.807) is 14.2 Å². The van der Waals surface area contributed by atoms with E-state index in [0.717, 1.165) is 24.5 Å². The van der Waals surface area contributed by atoms with Crippen LogP contribution in [-0.4, -0.2) is 44.6 Å². The molecule has 0 unspecified atom stereocenters. The van der Waals surface area contributed by atoms with Crippen molar-refractivity contribution in [3.63, 3.8) is 0 Å². The highest BCUT2D eigenvalue weighted by Crippen LogP contribution is 2.25. The molecule has 0 saturated carbocycles. The maximum Gasteiger partial charge on any atom is 0.221 e. The van der Waals surface area contributed by atoms with Crippen molar-refractivity contribution >= 4 is 53.3 Å². The minimum Gasteiger partial charge on any atom is -0.495 e. The van der Waals surface area contributed by atoms with Gasteiger partial charge in [0.1, 0.15) is 5.75 Å². The zero-order valence-corrected chi connectivity index (χ0v) is 18.5. The second-order valence-electron chi connectivity index (χ2n) is 5.27. The number of benzene rings is 1. The maximum absolute atomic E-state index is 11.3. The molecule has 1 aromatic carbocycles. The highest BCUT2D eigenvalue weighted by atomic mass is 127. The first-order chi connectivity index (χ1) is 11.6. The Morgan fingerprint density at radius 3 is 2.64 bits per heavy atom. The molecule has 3 N–H and O–H groups in total. The van der Waals surface area contributed by atoms with Gasteiger partial charge in [-0.05, 0) is 42.5 Å². The van der Waals surface area contributed by atoms with Crippen molar-refractivity contribution in [2.75, 3.05) is 38.0 Å². The number of guanidine groups is 1. The van der Waals surface area contributed by atoms with Crippen LogP contribution in [0.1, 0.15) is 25.3 Å². The number of hydrogen-bond donors (Lipinski definition) is 3. The number of aliphatic imine (C=N–C) groups is 1. The summed E-state index contributed by atoms with van der Waals surface area (Å²) in [5.41, 5.74) is 1.70. The first-order valence-electron chi connectivity index (χ1n) is 7.98. The molecule has 0 saturated heterocycles. The van der Waals surface area contributed by atoms with E-state index in [2.05, 4.69) is 27.2 Å². The summed E-state index contributed by atoms with van der Waals surface area (Å²) in [7, 11) is 3.34. The number of nitrogens with one attached hydrogen (secondary N) is 3. The summed E-state index contributed by atoms with van der Waals surface area (Å²) in [6, 6.07) is 5.71. The first kappa shape index (κ1) is 23.8. The topological polar surface area (TPSA) is 74.8 Å². The van der Waals surface area contributed by atoms with Crippen molar-refractivity contribution in [1.29, 1.82) is 0 Å². The third-order valence-electron chi connectivity index (χ3n) is 3.33. The highest BCUT2D eigenvalue weighted by Gasteiger charge is 2.06. The normalized spacial score (nSPS) is 10.6. The summed E-state index contributed by atoms with van der Waals surface area (Å²) in [4.78, 5) is 15.5. The Kier molecular flexibility index (Phi) is 13.4. The third-order valence-corrected chi connectivity index (χ3v) is 4.02. The average Bonchev–Trinajstić information content (AvgIpc) is 2.57. The molecule has 0 aliphatic rings. The predicted molar refractivity (Wildman–Crippen MR) is 119 cm³/mol. The number of nitrogens with zero attached hydrogens (tertiary/aromatic N) is 1. The molecule has 0 bridgehead atoms. The number of methoxy groups -OCH3 is 1. The number of carbonyl (C=O) groups excluding carboxylic acids is 1. The predicted octanol–water partition coefficient (Wildman–Crippen LogP) is 3.08. The lowest BCUT2D eigenvalue weighted by Gasteiger charge is -2.14. The summed E-state index contributed by atoms with van der Waals surface area (Å²) in [5.74, 6) is 2.48. The SMILES string of the molecule is CN=C(NCCCCSC)NCc1ccc(OC)c(NC(C)=O)c1.I. The van der Waals surface area contributed by atoms with E-state index in [1.807, 2.05) is 30.0 Å². The lowest BCUT2D eigenvalue weighted by molar-refractivity contribution is -0.114. The minimum atomic E-state index is -0.124. The number of thioether (sulfide) groups is 1. The van der Waals surface area contributed by atoms with Crippen molar-refractivity contribution in [3.05, 3.63) is 23.8 Å². The monoisotopic (exact) mass is 480 g/mol. The minimum absolute atomic E-state index is 0. The highest BCUT2D eigenvalue weighted by molar-refractivity contribution is 14.0. The van der Waals surface area contributed by atoms with Crippen LogP contribution in [0.4, 0.5) is 5.69 Å². The summed E-state index contributed by atoms with van der Waals surface area (Å²) in [6.07, 6.45) is 4.44. The fraction of sp³-hybridized carbons (Fsp3) is 0.529. The number of ether oxygens (including phenoxy) is 1. The van der Waals surface area contributed by atoms with Gasteiger partial charge in [0, 0.05) is 27.1 Å². The van der Waals surface area contributed by atoms with Crippen LogP contribution in [0.3, 0.4) is 0 Å². The van der Waals surface area contributed by atoms with Crippen LogP contribution in [0.5, 0.6) is 5.75 Å². The van der Waals surface area contributed by atoms with E-state index in [4.69, 9.17) is 4.74 Å². The van der Waals surface area contributed by atoms with Crippen LogP contribution >= 0.6 is 35.7 Å². The molecular weight excluding hydrogens is 451 g/mol. The number of hydrogen-bond acceptors (Lipinski definition) is 4. The van der Waals surface area contributed by atoms with Gasteiger partial charge in [-0.3, -0.25) is 9.79 Å². The van der Waals surface area contributed by atoms with E-state index >= 15 is 0 Å². The summed E-state index contributed by atoms with van der Waals surface area (Å²) < 4.78 is 5.26. The summed E-state index contributed by atoms with van der Waals surface area (Å²) in [5, 5.41) is 9.36. The molecule has 0 heterocycles. The van der Waals surface area contributed by atoms with Gasteiger partial charge >= 0.3 is 0 Å². The Hall–Kier alpha value is -1.16. The van der Waals surface area contributed by atoms with E-state index in [9.17, 15) is 4.79 Å². The van der Waals surface area contributed by atoms with E-state index in [0.29, 0.717) is 18.0 Å². The van der Waals surface area contributed by atoms with Gasteiger partial charge in [0.05, 0.1) is 12.8 Å². The van der Waals surface area contributed by atoms with Gasteiger partial charge in [-0.25, -0.2) is 0 Å². The lowest BCUT2D eigenvalue weighted by atomic mass is 10.2. The fourth-order valence-electron chi connectivity index (χ4n) is 2.14. The van der Waals surface area contributed by atoms with Gasteiger partial charge in [0.15, 0.2) is 5.96 Å². The molecule has 0 atom stereocenters. The van der Waals surface area contributed by atoms with Crippen LogP contribution in [-0.2, 0) is 11.3 Å². The molecule has 1 amide bonds. The Balaban J connectivity index is 0.00000576. The fourth-order valence-corrected chi connectivity index (χ4v) is 2.63. The number of carbonyl (C=O) groups is 1. The van der Waals surface area contributed by atoms with Crippen molar-refractivity contribution in [1.82, 2.24) is 10.6 Å². The van der Waals surface area contributed by atoms with Crippen LogP contribution in [0, 0.1) is 0 Å². The summed E-state index contributed by atoms with van der Waals surface area (Å²) >= 11 is 1.87. The van der Waals surface area contributed by atoms with Crippen molar-refractivity contribution in [2.45, 2.75) is 26.3 Å². The summed E-state index contributed by atoms with van der Waals surface area (Å²) in [6.45, 7) is 2.99. The van der Waals surface area contributed by atoms with Crippen LogP contribution in [0.25, 0.3) is 0 Å². The van der Waals surface area contributed by atoms with Crippen LogP contribution in [0.15, 0.2) is 23.2 Å². The molecule has 1 rings (SSSR count). The lowest BCUT2D eigenvalue weighted by Crippen LogP contribution is -2.37. The van der Waals surface area contributed by atoms with Crippen molar-refractivity contribution in [3.8, 4) is 5.75 Å². The first-order valence-corrected chi connectivity index (χ1v) is 9.38. The number of unbranched alkanes of at least 4 members (excludes halogenated alkanes) is 1. The number of rotatable bonds is 9. The molecular formula is C17H29IN4O2S. The molecule has 0 aromatic heterocycles. The average molecular weight is 480 g/mol. The smallest absolute Gasteiger partial charge is 0.221 e. The van der Waals surface area contributed by atoms with Gasteiger partial charge < -0.3 is 20.7 Å². The standard InChI is InChI=1S/C17H28N4O2S.HI/c1-13(22)21-15-11-14(7-8-16(15)23-3)12-20-17(18-2)19-9-5-6-10-24-4;/h7-8,11H,5-6,9-10,12H2,1-4H3,(H,21,22)(H2,18,19,20);1H.